The Hall–Kier alpha value is -0.850. The van der Waals surface area contributed by atoms with Crippen LogP contribution in [0.2, 0.25) is 0 Å². The molecule has 0 aliphatic carbocycles. The average molecular weight is 137 g/mol. The van der Waals surface area contributed by atoms with Crippen molar-refractivity contribution in [3.8, 4) is 0 Å². The van der Waals surface area contributed by atoms with Crippen LogP contribution in [0, 0.1) is 0 Å². The Bertz CT molecular complexity index is 164. The second kappa shape index (κ2) is 4.98. The Morgan fingerprint density at radius 3 is 2.50 bits per heavy atom. The SMILES string of the molecule is C=CC(/C=C(\C)CC)=NC. The zero-order chi connectivity index (χ0) is 7.98. The number of nitrogens with zero attached hydrogens (tertiary/aromatic N) is 1. The van der Waals surface area contributed by atoms with Crippen molar-refractivity contribution in [3.63, 3.8) is 0 Å². The third kappa shape index (κ3) is 3.23. The third-order valence-electron chi connectivity index (χ3n) is 1.42. The average Bonchev–Trinajstić information content (AvgIpc) is 1.99. The van der Waals surface area contributed by atoms with Crippen molar-refractivity contribution < 1.29 is 0 Å². The van der Waals surface area contributed by atoms with E-state index in [-0.39, 0.29) is 0 Å². The zero-order valence-corrected chi connectivity index (χ0v) is 7.02. The van der Waals surface area contributed by atoms with Gasteiger partial charge in [-0.2, -0.15) is 0 Å². The minimum absolute atomic E-state index is 0.958. The molecule has 1 heteroatoms. The van der Waals surface area contributed by atoms with Crippen LogP contribution in [0.5, 0.6) is 0 Å². The quantitative estimate of drug-likeness (QED) is 0.530. The summed E-state index contributed by atoms with van der Waals surface area (Å²) in [5.74, 6) is 0. The summed E-state index contributed by atoms with van der Waals surface area (Å²) in [5.41, 5.74) is 2.29. The van der Waals surface area contributed by atoms with Gasteiger partial charge in [0.25, 0.3) is 0 Å². The van der Waals surface area contributed by atoms with Crippen molar-refractivity contribution in [3.05, 3.63) is 24.3 Å². The third-order valence-corrected chi connectivity index (χ3v) is 1.42. The molecule has 0 heterocycles. The molecule has 0 aromatic rings. The second-order valence-electron chi connectivity index (χ2n) is 2.20. The number of rotatable bonds is 3. The van der Waals surface area contributed by atoms with Gasteiger partial charge in [0.15, 0.2) is 0 Å². The Balaban J connectivity index is 4.22. The molecule has 0 atom stereocenters. The van der Waals surface area contributed by atoms with E-state index in [9.17, 15) is 0 Å². The summed E-state index contributed by atoms with van der Waals surface area (Å²) in [4.78, 5) is 4.02. The highest BCUT2D eigenvalue weighted by Crippen LogP contribution is 1.98. The minimum Gasteiger partial charge on any atom is -0.289 e. The van der Waals surface area contributed by atoms with Crippen LogP contribution in [0.25, 0.3) is 0 Å². The van der Waals surface area contributed by atoms with Crippen LogP contribution >= 0.6 is 0 Å². The second-order valence-corrected chi connectivity index (χ2v) is 2.20. The Kier molecular flexibility index (Phi) is 4.55. The van der Waals surface area contributed by atoms with Crippen LogP contribution in [0.4, 0.5) is 0 Å². The lowest BCUT2D eigenvalue weighted by Gasteiger charge is -1.93. The molecule has 0 bridgehead atoms. The summed E-state index contributed by atoms with van der Waals surface area (Å²) < 4.78 is 0. The molecule has 0 radical (unpaired) electrons. The van der Waals surface area contributed by atoms with Gasteiger partial charge in [-0.3, -0.25) is 4.99 Å². The molecule has 0 saturated heterocycles. The van der Waals surface area contributed by atoms with E-state index in [0.717, 1.165) is 12.1 Å². The van der Waals surface area contributed by atoms with Gasteiger partial charge in [-0.25, -0.2) is 0 Å². The predicted molar refractivity (Wildman–Crippen MR) is 47.6 cm³/mol. The molecular weight excluding hydrogens is 122 g/mol. The van der Waals surface area contributed by atoms with E-state index >= 15 is 0 Å². The van der Waals surface area contributed by atoms with Crippen LogP contribution in [-0.2, 0) is 0 Å². The van der Waals surface area contributed by atoms with Gasteiger partial charge in [-0.15, -0.1) is 0 Å². The molecule has 0 amide bonds. The van der Waals surface area contributed by atoms with Gasteiger partial charge in [0.05, 0.1) is 5.71 Å². The van der Waals surface area contributed by atoms with E-state index < -0.39 is 0 Å². The van der Waals surface area contributed by atoms with E-state index in [1.807, 2.05) is 6.08 Å². The monoisotopic (exact) mass is 137 g/mol. The Morgan fingerprint density at radius 2 is 2.20 bits per heavy atom. The summed E-state index contributed by atoms with van der Waals surface area (Å²) >= 11 is 0. The minimum atomic E-state index is 0.958. The first-order chi connectivity index (χ1) is 4.74. The summed E-state index contributed by atoms with van der Waals surface area (Å²) in [6.07, 6.45) is 4.89. The van der Waals surface area contributed by atoms with Crippen molar-refractivity contribution in [2.24, 2.45) is 4.99 Å². The molecule has 0 fully saturated rings. The van der Waals surface area contributed by atoms with E-state index in [4.69, 9.17) is 0 Å². The maximum atomic E-state index is 4.02. The van der Waals surface area contributed by atoms with Crippen LogP contribution in [-0.4, -0.2) is 12.8 Å². The molecule has 0 N–H and O–H groups in total. The molecule has 0 aromatic carbocycles. The van der Waals surface area contributed by atoms with Gasteiger partial charge in [-0.1, -0.05) is 19.1 Å². The molecular formula is C9H15N. The molecule has 0 saturated carbocycles. The highest BCUT2D eigenvalue weighted by atomic mass is 14.7. The van der Waals surface area contributed by atoms with Gasteiger partial charge in [0, 0.05) is 7.05 Å². The van der Waals surface area contributed by atoms with E-state index in [0.29, 0.717) is 0 Å². The first-order valence-electron chi connectivity index (χ1n) is 3.51. The maximum Gasteiger partial charge on any atom is 0.0564 e. The smallest absolute Gasteiger partial charge is 0.0564 e. The maximum absolute atomic E-state index is 4.02. The van der Waals surface area contributed by atoms with Gasteiger partial charge >= 0.3 is 0 Å². The Labute approximate surface area is 63.2 Å². The fourth-order valence-corrected chi connectivity index (χ4v) is 0.569. The molecule has 0 aliphatic heterocycles. The largest absolute Gasteiger partial charge is 0.289 e. The van der Waals surface area contributed by atoms with E-state index in [1.165, 1.54) is 5.57 Å². The standard InChI is InChI=1S/C9H15N/c1-5-8(3)7-9(6-2)10-4/h6-7H,2,5H2,1,3-4H3/b8-7+,10-9?. The van der Waals surface area contributed by atoms with Crippen molar-refractivity contribution in [2.45, 2.75) is 20.3 Å². The predicted octanol–water partition coefficient (Wildman–Crippen LogP) is 2.60. The zero-order valence-electron chi connectivity index (χ0n) is 7.02. The molecule has 56 valence electrons. The fourth-order valence-electron chi connectivity index (χ4n) is 0.569. The topological polar surface area (TPSA) is 12.4 Å². The van der Waals surface area contributed by atoms with Gasteiger partial charge in [-0.05, 0) is 25.5 Å². The molecule has 10 heavy (non-hydrogen) atoms. The molecule has 1 nitrogen and oxygen atoms in total. The fraction of sp³-hybridized carbons (Fsp3) is 0.444. The van der Waals surface area contributed by atoms with Gasteiger partial charge in [0.1, 0.15) is 0 Å². The van der Waals surface area contributed by atoms with Gasteiger partial charge in [0.2, 0.25) is 0 Å². The lowest BCUT2D eigenvalue weighted by molar-refractivity contribution is 1.10. The van der Waals surface area contributed by atoms with Crippen molar-refractivity contribution in [1.29, 1.82) is 0 Å². The van der Waals surface area contributed by atoms with Crippen LogP contribution in [0.15, 0.2) is 29.3 Å². The molecule has 0 aliphatic rings. The number of hydrogen-bond donors (Lipinski definition) is 0. The number of allylic oxidation sites excluding steroid dienone is 3. The van der Waals surface area contributed by atoms with Crippen molar-refractivity contribution in [2.75, 3.05) is 7.05 Å². The number of hydrogen-bond acceptors (Lipinski definition) is 1. The van der Waals surface area contributed by atoms with E-state index in [1.54, 1.807) is 13.1 Å². The van der Waals surface area contributed by atoms with E-state index in [2.05, 4.69) is 25.4 Å². The van der Waals surface area contributed by atoms with Crippen molar-refractivity contribution >= 4 is 5.71 Å². The lowest BCUT2D eigenvalue weighted by atomic mass is 10.2. The first kappa shape index (κ1) is 9.15. The molecule has 0 rings (SSSR count). The molecule has 0 unspecified atom stereocenters. The summed E-state index contributed by atoms with van der Waals surface area (Å²) in [7, 11) is 1.77. The number of aliphatic imine (C=N–C) groups is 1. The highest BCUT2D eigenvalue weighted by Gasteiger charge is 1.86. The Morgan fingerprint density at radius 1 is 1.60 bits per heavy atom. The highest BCUT2D eigenvalue weighted by molar-refractivity contribution is 6.03. The van der Waals surface area contributed by atoms with Crippen molar-refractivity contribution in [1.82, 2.24) is 0 Å². The normalized spacial score (nSPS) is 13.5. The molecule has 0 spiro atoms. The molecule has 0 aromatic heterocycles. The van der Waals surface area contributed by atoms with Gasteiger partial charge < -0.3 is 0 Å². The van der Waals surface area contributed by atoms with Crippen LogP contribution in [0.3, 0.4) is 0 Å². The van der Waals surface area contributed by atoms with Crippen LogP contribution in [0.1, 0.15) is 20.3 Å². The summed E-state index contributed by atoms with van der Waals surface area (Å²) in [5, 5.41) is 0. The van der Waals surface area contributed by atoms with Crippen LogP contribution < -0.4 is 0 Å². The lowest BCUT2D eigenvalue weighted by Crippen LogP contribution is -1.87. The summed E-state index contributed by atoms with van der Waals surface area (Å²) in [6, 6.07) is 0. The first-order valence-corrected chi connectivity index (χ1v) is 3.51. The summed E-state index contributed by atoms with van der Waals surface area (Å²) in [6.45, 7) is 7.86.